The fourth-order valence-corrected chi connectivity index (χ4v) is 7.39. The molecule has 240 valence electrons. The van der Waals surface area contributed by atoms with Crippen molar-refractivity contribution in [2.45, 2.75) is 6.42 Å². The molecule has 5 heteroatoms. The van der Waals surface area contributed by atoms with Gasteiger partial charge in [0.25, 0.3) is 0 Å². The average Bonchev–Trinajstić information content (AvgIpc) is 3.74. The lowest BCUT2D eigenvalue weighted by Crippen LogP contribution is -2.06. The zero-order chi connectivity index (χ0) is 33.7. The smallest absolute Gasteiger partial charge is 0.163 e. The summed E-state index contributed by atoms with van der Waals surface area (Å²) < 4.78 is 8.66. The van der Waals surface area contributed by atoms with Crippen molar-refractivity contribution in [2.75, 3.05) is 0 Å². The molecule has 0 aliphatic rings. The third-order valence-corrected chi connectivity index (χ3v) is 9.71. The predicted octanol–water partition coefficient (Wildman–Crippen LogP) is 11.5. The van der Waals surface area contributed by atoms with Crippen molar-refractivity contribution in [2.24, 2.45) is 0 Å². The maximum absolute atomic E-state index is 6.27. The first kappa shape index (κ1) is 29.1. The highest BCUT2D eigenvalue weighted by atomic mass is 16.3. The van der Waals surface area contributed by atoms with Crippen molar-refractivity contribution in [3.8, 4) is 39.6 Å². The monoisotopic (exact) mass is 654 g/mol. The molecular weight excluding hydrogens is 625 g/mol. The summed E-state index contributed by atoms with van der Waals surface area (Å²) in [6.45, 7) is 0. The van der Waals surface area contributed by atoms with Gasteiger partial charge in [0.1, 0.15) is 17.0 Å². The summed E-state index contributed by atoms with van der Waals surface area (Å²) in [6.07, 6.45) is 0.534. The third kappa shape index (κ3) is 4.98. The van der Waals surface area contributed by atoms with E-state index in [1.165, 1.54) is 10.8 Å². The van der Waals surface area contributed by atoms with E-state index < -0.39 is 0 Å². The average molecular weight is 655 g/mol. The molecule has 0 fully saturated rings. The van der Waals surface area contributed by atoms with Crippen LogP contribution in [0.25, 0.3) is 83.3 Å². The van der Waals surface area contributed by atoms with Gasteiger partial charge in [0.05, 0.1) is 11.0 Å². The summed E-state index contributed by atoms with van der Waals surface area (Å²) in [5, 5.41) is 4.66. The fourth-order valence-electron chi connectivity index (χ4n) is 7.39. The molecule has 0 unspecified atom stereocenters. The van der Waals surface area contributed by atoms with Gasteiger partial charge < -0.3 is 8.98 Å². The minimum absolute atomic E-state index is 0.534. The van der Waals surface area contributed by atoms with Crippen LogP contribution in [0.1, 0.15) is 11.4 Å². The molecular formula is C46H30N4O. The normalized spacial score (nSPS) is 11.6. The Morgan fingerprint density at radius 1 is 0.451 bits per heavy atom. The van der Waals surface area contributed by atoms with E-state index >= 15 is 0 Å². The first-order valence-electron chi connectivity index (χ1n) is 17.2. The van der Waals surface area contributed by atoms with E-state index in [9.17, 15) is 0 Å². The molecule has 3 heterocycles. The summed E-state index contributed by atoms with van der Waals surface area (Å²) >= 11 is 0. The molecule has 10 aromatic rings. The van der Waals surface area contributed by atoms with Gasteiger partial charge in [-0.3, -0.25) is 0 Å². The number of fused-ring (bicyclic) bond motifs is 6. The third-order valence-electron chi connectivity index (χ3n) is 9.71. The predicted molar refractivity (Wildman–Crippen MR) is 207 cm³/mol. The molecule has 3 aromatic heterocycles. The minimum atomic E-state index is 0.534. The van der Waals surface area contributed by atoms with E-state index in [-0.39, 0.29) is 0 Å². The Kier molecular flexibility index (Phi) is 6.81. The lowest BCUT2D eigenvalue weighted by Gasteiger charge is -2.15. The van der Waals surface area contributed by atoms with Crippen LogP contribution in [0.15, 0.2) is 174 Å². The molecule has 0 saturated heterocycles. The lowest BCUT2D eigenvalue weighted by molar-refractivity contribution is 0.669. The Hall–Kier alpha value is -6.85. The Labute approximate surface area is 294 Å². The molecule has 7 aromatic carbocycles. The van der Waals surface area contributed by atoms with Crippen LogP contribution in [-0.2, 0) is 6.42 Å². The van der Waals surface area contributed by atoms with E-state index in [0.717, 1.165) is 72.3 Å². The van der Waals surface area contributed by atoms with Crippen LogP contribution in [0, 0.1) is 0 Å². The van der Waals surface area contributed by atoms with Gasteiger partial charge in [-0.2, -0.15) is 0 Å². The van der Waals surface area contributed by atoms with Gasteiger partial charge in [-0.1, -0.05) is 140 Å². The quantitative estimate of drug-likeness (QED) is 0.179. The Bertz CT molecular complexity index is 2830. The highest BCUT2D eigenvalue weighted by Gasteiger charge is 2.19. The molecule has 0 bridgehead atoms. The Morgan fingerprint density at radius 3 is 1.86 bits per heavy atom. The molecule has 10 rings (SSSR count). The van der Waals surface area contributed by atoms with Crippen LogP contribution < -0.4 is 0 Å². The van der Waals surface area contributed by atoms with Crippen molar-refractivity contribution < 1.29 is 4.42 Å². The van der Waals surface area contributed by atoms with Gasteiger partial charge >= 0.3 is 0 Å². The largest absolute Gasteiger partial charge is 0.456 e. The summed E-state index contributed by atoms with van der Waals surface area (Å²) in [6, 6.07) is 59.0. The minimum Gasteiger partial charge on any atom is -0.456 e. The number of rotatable bonds is 6. The molecule has 0 radical (unpaired) electrons. The maximum atomic E-state index is 6.27. The highest BCUT2D eigenvalue weighted by molar-refractivity contribution is 6.14. The van der Waals surface area contributed by atoms with Crippen molar-refractivity contribution in [3.05, 3.63) is 181 Å². The lowest BCUT2D eigenvalue weighted by atomic mass is 9.98. The van der Waals surface area contributed by atoms with Crippen LogP contribution in [-0.4, -0.2) is 19.5 Å². The van der Waals surface area contributed by atoms with E-state index in [2.05, 4.69) is 102 Å². The van der Waals surface area contributed by atoms with Crippen molar-refractivity contribution >= 4 is 43.7 Å². The number of aromatic nitrogens is 4. The molecule has 0 aliphatic heterocycles. The van der Waals surface area contributed by atoms with Crippen molar-refractivity contribution in [1.29, 1.82) is 0 Å². The van der Waals surface area contributed by atoms with E-state index in [4.69, 9.17) is 19.4 Å². The topological polar surface area (TPSA) is 56.7 Å². The molecule has 0 atom stereocenters. The van der Waals surface area contributed by atoms with Crippen LogP contribution in [0.5, 0.6) is 0 Å². The molecule has 51 heavy (non-hydrogen) atoms. The summed E-state index contributed by atoms with van der Waals surface area (Å²) in [7, 11) is 0. The van der Waals surface area contributed by atoms with Crippen LogP contribution in [0.3, 0.4) is 0 Å². The number of furan rings is 1. The van der Waals surface area contributed by atoms with E-state index in [1.807, 2.05) is 72.8 Å². The number of hydrogen-bond acceptors (Lipinski definition) is 4. The van der Waals surface area contributed by atoms with E-state index in [0.29, 0.717) is 18.1 Å². The number of hydrogen-bond donors (Lipinski definition) is 0. The molecule has 0 amide bonds. The second-order valence-corrected chi connectivity index (χ2v) is 12.8. The first-order chi connectivity index (χ1) is 25.3. The zero-order valence-corrected chi connectivity index (χ0v) is 27.6. The second-order valence-electron chi connectivity index (χ2n) is 12.8. The molecule has 5 nitrogen and oxygen atoms in total. The molecule has 0 spiro atoms. The van der Waals surface area contributed by atoms with Crippen molar-refractivity contribution in [1.82, 2.24) is 19.5 Å². The van der Waals surface area contributed by atoms with Gasteiger partial charge in [-0.15, -0.1) is 0 Å². The van der Waals surface area contributed by atoms with Gasteiger partial charge in [-0.05, 0) is 47.0 Å². The second kappa shape index (κ2) is 11.9. The standard InChI is InChI=1S/C46H30N4O/c1-3-14-30(15-4-1)45-47-43(48-46(49-45)31-16-5-2-6-17-31)29-33-18-7-10-22-38(33)50-39-23-11-8-19-35(39)36-27-26-32(28-40(36)50)34-21-13-25-42-44(34)37-20-9-12-24-41(37)51-42/h1-28H,29H2. The Morgan fingerprint density at radius 2 is 1.08 bits per heavy atom. The van der Waals surface area contributed by atoms with E-state index in [1.54, 1.807) is 0 Å². The van der Waals surface area contributed by atoms with Gasteiger partial charge in [0.15, 0.2) is 11.6 Å². The summed E-state index contributed by atoms with van der Waals surface area (Å²) in [5.41, 5.74) is 10.5. The SMILES string of the molecule is c1ccc(-c2nc(Cc3ccccc3-n3c4ccccc4c4ccc(-c5cccc6oc7ccccc7c56)cc43)nc(-c3ccccc3)n2)cc1. The summed E-state index contributed by atoms with van der Waals surface area (Å²) in [4.78, 5) is 15.0. The number of nitrogens with zero attached hydrogens (tertiary/aromatic N) is 4. The summed E-state index contributed by atoms with van der Waals surface area (Å²) in [5.74, 6) is 2.05. The Balaban J connectivity index is 1.16. The fraction of sp³-hybridized carbons (Fsp3) is 0.0217. The van der Waals surface area contributed by atoms with Crippen LogP contribution in [0.2, 0.25) is 0 Å². The van der Waals surface area contributed by atoms with Crippen LogP contribution in [0.4, 0.5) is 0 Å². The van der Waals surface area contributed by atoms with Crippen molar-refractivity contribution in [3.63, 3.8) is 0 Å². The van der Waals surface area contributed by atoms with Gasteiger partial charge in [0, 0.05) is 44.8 Å². The number of benzene rings is 7. The van der Waals surface area contributed by atoms with Gasteiger partial charge in [0.2, 0.25) is 0 Å². The maximum Gasteiger partial charge on any atom is 0.163 e. The highest BCUT2D eigenvalue weighted by Crippen LogP contribution is 2.40. The van der Waals surface area contributed by atoms with Gasteiger partial charge in [-0.25, -0.2) is 15.0 Å². The molecule has 0 saturated carbocycles. The molecule has 0 N–H and O–H groups in total. The van der Waals surface area contributed by atoms with Crippen LogP contribution >= 0.6 is 0 Å². The zero-order valence-electron chi connectivity index (χ0n) is 27.6. The first-order valence-corrected chi connectivity index (χ1v) is 17.2. The molecule has 0 aliphatic carbocycles. The number of para-hydroxylation sites is 3.